The molecule has 0 bridgehead atoms. The Kier molecular flexibility index (Phi) is 5.25. The summed E-state index contributed by atoms with van der Waals surface area (Å²) in [4.78, 5) is 18.5. The van der Waals surface area contributed by atoms with Crippen LogP contribution in [0.15, 0.2) is 23.2 Å². The fraction of sp³-hybridized carbons (Fsp3) is 0.556. The van der Waals surface area contributed by atoms with E-state index in [9.17, 15) is 13.2 Å². The van der Waals surface area contributed by atoms with E-state index in [2.05, 4.69) is 11.1 Å². The molecule has 2 fully saturated rings. The minimum absolute atomic E-state index is 0.0523. The van der Waals surface area contributed by atoms with Gasteiger partial charge in [-0.05, 0) is 43.5 Å². The Morgan fingerprint density at radius 1 is 1.24 bits per heavy atom. The van der Waals surface area contributed by atoms with Gasteiger partial charge in [-0.2, -0.15) is 4.99 Å². The highest BCUT2D eigenvalue weighted by atomic mass is 32.2. The van der Waals surface area contributed by atoms with Crippen LogP contribution in [0.4, 0.5) is 5.69 Å². The zero-order valence-corrected chi connectivity index (χ0v) is 16.5. The molecule has 0 saturated carbocycles. The van der Waals surface area contributed by atoms with Crippen LogP contribution in [0.2, 0.25) is 0 Å². The zero-order chi connectivity index (χ0) is 18.2. The highest BCUT2D eigenvalue weighted by Gasteiger charge is 2.49. The van der Waals surface area contributed by atoms with Crippen molar-refractivity contribution in [2.24, 2.45) is 4.99 Å². The third kappa shape index (κ3) is 4.08. The molecular formula is C18H24N2O3S2. The lowest BCUT2D eigenvalue weighted by atomic mass is 10.1. The summed E-state index contributed by atoms with van der Waals surface area (Å²) in [6, 6.07) is 6.01. The Labute approximate surface area is 153 Å². The van der Waals surface area contributed by atoms with Gasteiger partial charge in [0, 0.05) is 17.4 Å². The molecule has 2 aliphatic heterocycles. The number of carbonyl (C=O) groups excluding carboxylic acids is 1. The molecule has 2 atom stereocenters. The summed E-state index contributed by atoms with van der Waals surface area (Å²) in [7, 11) is -3.04. The lowest BCUT2D eigenvalue weighted by molar-refractivity contribution is -0.117. The maximum atomic E-state index is 12.2. The molecule has 5 nitrogen and oxygen atoms in total. The van der Waals surface area contributed by atoms with Crippen molar-refractivity contribution in [3.05, 3.63) is 29.3 Å². The number of rotatable bonds is 4. The summed E-state index contributed by atoms with van der Waals surface area (Å²) >= 11 is 1.44. The molecule has 1 amide bonds. The first-order valence-electron chi connectivity index (χ1n) is 8.65. The number of amides is 1. The fourth-order valence-electron chi connectivity index (χ4n) is 3.45. The molecule has 2 aliphatic rings. The Morgan fingerprint density at radius 3 is 2.56 bits per heavy atom. The molecule has 3 rings (SSSR count). The number of unbranched alkanes of at least 4 members (excludes halogenated alkanes) is 1. The summed E-state index contributed by atoms with van der Waals surface area (Å²) in [6.45, 7) is 6.08. The van der Waals surface area contributed by atoms with Crippen molar-refractivity contribution in [1.82, 2.24) is 0 Å². The number of amidine groups is 1. The molecule has 0 aliphatic carbocycles. The number of sulfone groups is 1. The topological polar surface area (TPSA) is 66.8 Å². The van der Waals surface area contributed by atoms with Crippen LogP contribution in [-0.2, 0) is 14.6 Å². The van der Waals surface area contributed by atoms with Crippen molar-refractivity contribution in [3.63, 3.8) is 0 Å². The maximum Gasteiger partial charge on any atom is 0.248 e. The van der Waals surface area contributed by atoms with Gasteiger partial charge in [-0.1, -0.05) is 31.2 Å². The molecule has 2 heterocycles. The summed E-state index contributed by atoms with van der Waals surface area (Å²) in [5, 5.41) is 0.597. The number of fused-ring (bicyclic) bond motifs is 1. The number of aryl methyl sites for hydroxylation is 2. The van der Waals surface area contributed by atoms with Crippen LogP contribution in [-0.4, -0.2) is 42.3 Å². The molecule has 0 radical (unpaired) electrons. The molecule has 2 unspecified atom stereocenters. The van der Waals surface area contributed by atoms with Crippen LogP contribution in [0.5, 0.6) is 0 Å². The summed E-state index contributed by atoms with van der Waals surface area (Å²) in [5.41, 5.74) is 3.15. The van der Waals surface area contributed by atoms with Crippen molar-refractivity contribution in [1.29, 1.82) is 0 Å². The lowest BCUT2D eigenvalue weighted by Gasteiger charge is -2.25. The number of aliphatic imine (C=N–C) groups is 1. The number of carbonyl (C=O) groups is 1. The van der Waals surface area contributed by atoms with E-state index in [1.807, 2.05) is 37.8 Å². The second-order valence-corrected chi connectivity index (χ2v) is 10.3. The Bertz CT molecular complexity index is 797. The van der Waals surface area contributed by atoms with E-state index < -0.39 is 9.84 Å². The van der Waals surface area contributed by atoms with E-state index in [0.29, 0.717) is 11.6 Å². The normalized spacial score (nSPS) is 26.2. The zero-order valence-electron chi connectivity index (χ0n) is 14.9. The average Bonchev–Trinajstić information content (AvgIpc) is 2.94. The van der Waals surface area contributed by atoms with E-state index in [1.54, 1.807) is 0 Å². The molecule has 0 aromatic heterocycles. The number of thioether (sulfide) groups is 1. The highest BCUT2D eigenvalue weighted by Crippen LogP contribution is 2.41. The SMILES string of the molecule is CCCCC(=O)N=C1SC2CS(=O)(=O)CC2N1c1cc(C)cc(C)c1. The predicted molar refractivity (Wildman–Crippen MR) is 104 cm³/mol. The number of hydrogen-bond acceptors (Lipinski definition) is 4. The molecule has 0 N–H and O–H groups in total. The van der Waals surface area contributed by atoms with E-state index in [1.165, 1.54) is 11.8 Å². The Hall–Kier alpha value is -1.34. The smallest absolute Gasteiger partial charge is 0.248 e. The molecule has 25 heavy (non-hydrogen) atoms. The average molecular weight is 381 g/mol. The van der Waals surface area contributed by atoms with Crippen molar-refractivity contribution in [2.75, 3.05) is 16.4 Å². The van der Waals surface area contributed by atoms with Gasteiger partial charge in [0.05, 0.1) is 17.5 Å². The second-order valence-electron chi connectivity index (χ2n) is 6.91. The second kappa shape index (κ2) is 7.11. The largest absolute Gasteiger partial charge is 0.316 e. The van der Waals surface area contributed by atoms with E-state index >= 15 is 0 Å². The van der Waals surface area contributed by atoms with Crippen LogP contribution >= 0.6 is 11.8 Å². The van der Waals surface area contributed by atoms with Gasteiger partial charge < -0.3 is 4.90 Å². The monoisotopic (exact) mass is 380 g/mol. The van der Waals surface area contributed by atoms with Crippen LogP contribution in [0.3, 0.4) is 0 Å². The van der Waals surface area contributed by atoms with Crippen LogP contribution in [0.25, 0.3) is 0 Å². The van der Waals surface area contributed by atoms with Gasteiger partial charge in [0.1, 0.15) is 0 Å². The lowest BCUT2D eigenvalue weighted by Crippen LogP contribution is -2.37. The number of anilines is 1. The highest BCUT2D eigenvalue weighted by molar-refractivity contribution is 8.16. The van der Waals surface area contributed by atoms with E-state index in [-0.39, 0.29) is 28.7 Å². The molecule has 7 heteroatoms. The van der Waals surface area contributed by atoms with Gasteiger partial charge in [0.15, 0.2) is 15.0 Å². The van der Waals surface area contributed by atoms with Crippen molar-refractivity contribution >= 4 is 38.4 Å². The van der Waals surface area contributed by atoms with Gasteiger partial charge in [0.2, 0.25) is 5.91 Å². The molecule has 136 valence electrons. The van der Waals surface area contributed by atoms with Gasteiger partial charge in [-0.3, -0.25) is 4.79 Å². The van der Waals surface area contributed by atoms with Crippen LogP contribution in [0, 0.1) is 13.8 Å². The van der Waals surface area contributed by atoms with Crippen molar-refractivity contribution < 1.29 is 13.2 Å². The third-order valence-electron chi connectivity index (χ3n) is 4.52. The van der Waals surface area contributed by atoms with Gasteiger partial charge >= 0.3 is 0 Å². The molecule has 0 spiro atoms. The van der Waals surface area contributed by atoms with Gasteiger partial charge in [-0.15, -0.1) is 0 Å². The van der Waals surface area contributed by atoms with Crippen molar-refractivity contribution in [3.8, 4) is 0 Å². The first-order valence-corrected chi connectivity index (χ1v) is 11.4. The molecule has 1 aromatic rings. The van der Waals surface area contributed by atoms with Gasteiger partial charge in [-0.25, -0.2) is 8.42 Å². The molecule has 2 saturated heterocycles. The third-order valence-corrected chi connectivity index (χ3v) is 7.73. The Morgan fingerprint density at radius 2 is 1.92 bits per heavy atom. The summed E-state index contributed by atoms with van der Waals surface area (Å²) in [5.74, 6) is 0.160. The number of hydrogen-bond donors (Lipinski definition) is 0. The number of benzene rings is 1. The predicted octanol–water partition coefficient (Wildman–Crippen LogP) is 3.10. The van der Waals surface area contributed by atoms with Crippen LogP contribution in [0.1, 0.15) is 37.3 Å². The number of nitrogens with zero attached hydrogens (tertiary/aromatic N) is 2. The maximum absolute atomic E-state index is 12.2. The standard InChI is InChI=1S/C18H24N2O3S2/c1-4-5-6-17(21)19-18-20(14-8-12(2)7-13(3)9-14)15-10-25(22,23)11-16(15)24-18/h7-9,15-16H,4-6,10-11H2,1-3H3. The minimum atomic E-state index is -3.04. The molecular weight excluding hydrogens is 356 g/mol. The van der Waals surface area contributed by atoms with Crippen molar-refractivity contribution in [2.45, 2.75) is 51.3 Å². The van der Waals surface area contributed by atoms with E-state index in [0.717, 1.165) is 29.7 Å². The van der Waals surface area contributed by atoms with Crippen LogP contribution < -0.4 is 4.90 Å². The summed E-state index contributed by atoms with van der Waals surface area (Å²) < 4.78 is 24.2. The first kappa shape index (κ1) is 18.5. The molecule has 1 aromatic carbocycles. The van der Waals surface area contributed by atoms with Gasteiger partial charge in [0.25, 0.3) is 0 Å². The Balaban J connectivity index is 1.98. The summed E-state index contributed by atoms with van der Waals surface area (Å²) in [6.07, 6.45) is 2.22. The quantitative estimate of drug-likeness (QED) is 0.803. The minimum Gasteiger partial charge on any atom is -0.316 e. The first-order chi connectivity index (χ1) is 11.8. The van der Waals surface area contributed by atoms with E-state index in [4.69, 9.17) is 0 Å². The fourth-order valence-corrected chi connectivity index (χ4v) is 7.38.